The van der Waals surface area contributed by atoms with E-state index in [0.717, 1.165) is 5.56 Å². The fourth-order valence-corrected chi connectivity index (χ4v) is 3.67. The van der Waals surface area contributed by atoms with Gasteiger partial charge in [-0.2, -0.15) is 0 Å². The van der Waals surface area contributed by atoms with E-state index in [4.69, 9.17) is 11.6 Å². The molecule has 6 nitrogen and oxygen atoms in total. The van der Waals surface area contributed by atoms with Gasteiger partial charge in [0, 0.05) is 11.9 Å². The number of aromatic nitrogens is 2. The highest BCUT2D eigenvalue weighted by atomic mass is 35.5. The average molecular weight is 332 g/mol. The lowest BCUT2D eigenvalue weighted by atomic mass is 10.1. The van der Waals surface area contributed by atoms with Gasteiger partial charge in [0.2, 0.25) is 10.0 Å². The summed E-state index contributed by atoms with van der Waals surface area (Å²) >= 11 is 5.54. The first-order chi connectivity index (χ1) is 9.91. The molecule has 1 unspecified atom stereocenters. The first kappa shape index (κ1) is 16.1. The van der Waals surface area contributed by atoms with Crippen LogP contribution in [0.2, 0.25) is 0 Å². The Hall–Kier alpha value is -1.31. The van der Waals surface area contributed by atoms with E-state index >= 15 is 0 Å². The van der Waals surface area contributed by atoms with Crippen LogP contribution in [0.15, 0.2) is 23.0 Å². The molecule has 0 amide bonds. The number of alkyl halides is 1. The number of hydrogen-bond acceptors (Lipinski definition) is 3. The SMILES string of the molecule is CC(NS(=O)(=O)CCCCCl)c1ccc2[nH]c(=O)[nH]c2c1. The lowest BCUT2D eigenvalue weighted by molar-refractivity contribution is 0.564. The molecule has 2 aromatic rings. The first-order valence-electron chi connectivity index (χ1n) is 6.69. The van der Waals surface area contributed by atoms with Gasteiger partial charge < -0.3 is 9.97 Å². The minimum atomic E-state index is -3.34. The van der Waals surface area contributed by atoms with Crippen molar-refractivity contribution in [2.24, 2.45) is 0 Å². The van der Waals surface area contributed by atoms with Crippen LogP contribution in [-0.4, -0.2) is 30.0 Å². The monoisotopic (exact) mass is 331 g/mol. The third-order valence-corrected chi connectivity index (χ3v) is 5.00. The molecule has 3 N–H and O–H groups in total. The zero-order valence-corrected chi connectivity index (χ0v) is 13.2. The average Bonchev–Trinajstić information content (AvgIpc) is 2.77. The van der Waals surface area contributed by atoms with Gasteiger partial charge in [-0.05, 0) is 37.5 Å². The van der Waals surface area contributed by atoms with E-state index in [9.17, 15) is 13.2 Å². The van der Waals surface area contributed by atoms with Gasteiger partial charge in [-0.15, -0.1) is 11.6 Å². The Balaban J connectivity index is 2.10. The Bertz CT molecular complexity index is 766. The number of hydrogen-bond donors (Lipinski definition) is 3. The van der Waals surface area contributed by atoms with Crippen molar-refractivity contribution in [2.75, 3.05) is 11.6 Å². The van der Waals surface area contributed by atoms with Crippen LogP contribution in [-0.2, 0) is 10.0 Å². The van der Waals surface area contributed by atoms with Gasteiger partial charge in [0.15, 0.2) is 0 Å². The molecule has 0 fully saturated rings. The lowest BCUT2D eigenvalue weighted by Gasteiger charge is -2.14. The second-order valence-electron chi connectivity index (χ2n) is 4.94. The van der Waals surface area contributed by atoms with Crippen molar-refractivity contribution in [1.82, 2.24) is 14.7 Å². The van der Waals surface area contributed by atoms with Crippen LogP contribution in [0, 0.1) is 0 Å². The Morgan fingerprint density at radius 2 is 1.95 bits per heavy atom. The molecule has 0 spiro atoms. The maximum absolute atomic E-state index is 11.9. The quantitative estimate of drug-likeness (QED) is 0.534. The summed E-state index contributed by atoms with van der Waals surface area (Å²) in [5.41, 5.74) is 1.86. The van der Waals surface area contributed by atoms with Gasteiger partial charge in [0.25, 0.3) is 0 Å². The van der Waals surface area contributed by atoms with Crippen molar-refractivity contribution in [3.05, 3.63) is 34.2 Å². The third kappa shape index (κ3) is 4.33. The molecule has 116 valence electrons. The van der Waals surface area contributed by atoms with Crippen LogP contribution >= 0.6 is 11.6 Å². The largest absolute Gasteiger partial charge is 0.323 e. The van der Waals surface area contributed by atoms with Gasteiger partial charge in [-0.25, -0.2) is 17.9 Å². The number of rotatable bonds is 7. The normalized spacial score (nSPS) is 13.6. The Kier molecular flexibility index (Phi) is 5.08. The fraction of sp³-hybridized carbons (Fsp3) is 0.462. The second-order valence-corrected chi connectivity index (χ2v) is 7.19. The Labute approximate surface area is 128 Å². The molecule has 1 atom stereocenters. The van der Waals surface area contributed by atoms with Gasteiger partial charge in [0.1, 0.15) is 0 Å². The summed E-state index contributed by atoms with van der Waals surface area (Å²) in [6.07, 6.45) is 1.21. The van der Waals surface area contributed by atoms with Gasteiger partial charge in [-0.1, -0.05) is 6.07 Å². The molecule has 21 heavy (non-hydrogen) atoms. The molecule has 0 bridgehead atoms. The van der Waals surface area contributed by atoms with Crippen LogP contribution < -0.4 is 10.4 Å². The van der Waals surface area contributed by atoms with Crippen molar-refractivity contribution in [2.45, 2.75) is 25.8 Å². The van der Waals surface area contributed by atoms with E-state index in [1.165, 1.54) is 0 Å². The minimum Gasteiger partial charge on any atom is -0.306 e. The van der Waals surface area contributed by atoms with E-state index in [2.05, 4.69) is 14.7 Å². The summed E-state index contributed by atoms with van der Waals surface area (Å²) in [6, 6.07) is 4.94. The molecule has 0 radical (unpaired) electrons. The van der Waals surface area contributed by atoms with Gasteiger partial charge in [0.05, 0.1) is 16.8 Å². The second kappa shape index (κ2) is 6.64. The van der Waals surface area contributed by atoms with Crippen molar-refractivity contribution in [1.29, 1.82) is 0 Å². The van der Waals surface area contributed by atoms with Crippen molar-refractivity contribution in [3.63, 3.8) is 0 Å². The lowest BCUT2D eigenvalue weighted by Crippen LogP contribution is -2.29. The standard InChI is InChI=1S/C13H18ClN3O3S/c1-9(17-21(19,20)7-3-2-6-14)10-4-5-11-12(8-10)16-13(18)15-11/h4-5,8-9,17H,2-3,6-7H2,1H3,(H2,15,16,18). The third-order valence-electron chi connectivity index (χ3n) is 3.19. The van der Waals surface area contributed by atoms with Gasteiger partial charge in [-0.3, -0.25) is 0 Å². The van der Waals surface area contributed by atoms with Crippen LogP contribution in [0.5, 0.6) is 0 Å². The zero-order valence-electron chi connectivity index (χ0n) is 11.6. The number of H-pyrrole nitrogens is 2. The molecular weight excluding hydrogens is 314 g/mol. The number of nitrogens with one attached hydrogen (secondary N) is 3. The maximum atomic E-state index is 11.9. The maximum Gasteiger partial charge on any atom is 0.323 e. The predicted molar refractivity (Wildman–Crippen MR) is 84.2 cm³/mol. The molecule has 0 aliphatic carbocycles. The Morgan fingerprint density at radius 3 is 2.67 bits per heavy atom. The number of unbranched alkanes of at least 4 members (excludes halogenated alkanes) is 1. The smallest absolute Gasteiger partial charge is 0.306 e. The molecule has 2 rings (SSSR count). The van der Waals surface area contributed by atoms with E-state index < -0.39 is 10.0 Å². The van der Waals surface area contributed by atoms with Crippen LogP contribution in [0.3, 0.4) is 0 Å². The molecule has 0 aliphatic rings. The zero-order chi connectivity index (χ0) is 15.5. The summed E-state index contributed by atoms with van der Waals surface area (Å²) in [6.45, 7) is 1.77. The highest BCUT2D eigenvalue weighted by Crippen LogP contribution is 2.18. The molecule has 0 aliphatic heterocycles. The highest BCUT2D eigenvalue weighted by Gasteiger charge is 2.16. The molecular formula is C13H18ClN3O3S. The molecule has 1 heterocycles. The molecule has 1 aromatic heterocycles. The number of aromatic amines is 2. The van der Waals surface area contributed by atoms with E-state index in [0.29, 0.717) is 29.8 Å². The van der Waals surface area contributed by atoms with E-state index in [1.807, 2.05) is 0 Å². The van der Waals surface area contributed by atoms with Crippen LogP contribution in [0.25, 0.3) is 11.0 Å². The molecule has 1 aromatic carbocycles. The number of imidazole rings is 1. The van der Waals surface area contributed by atoms with Crippen molar-refractivity contribution < 1.29 is 8.42 Å². The van der Waals surface area contributed by atoms with Crippen molar-refractivity contribution in [3.8, 4) is 0 Å². The van der Waals surface area contributed by atoms with Crippen LogP contribution in [0.4, 0.5) is 0 Å². The topological polar surface area (TPSA) is 94.8 Å². The van der Waals surface area contributed by atoms with Gasteiger partial charge >= 0.3 is 5.69 Å². The summed E-state index contributed by atoms with van der Waals surface area (Å²) in [5, 5.41) is 0. The van der Waals surface area contributed by atoms with E-state index in [-0.39, 0.29) is 17.5 Å². The summed E-state index contributed by atoms with van der Waals surface area (Å²) in [7, 11) is -3.34. The van der Waals surface area contributed by atoms with E-state index in [1.54, 1.807) is 25.1 Å². The minimum absolute atomic E-state index is 0.0628. The summed E-state index contributed by atoms with van der Waals surface area (Å²) < 4.78 is 26.5. The molecule has 0 saturated heterocycles. The summed E-state index contributed by atoms with van der Waals surface area (Å²) in [4.78, 5) is 16.5. The Morgan fingerprint density at radius 1 is 1.24 bits per heavy atom. The van der Waals surface area contributed by atoms with Crippen molar-refractivity contribution >= 4 is 32.7 Å². The number of sulfonamides is 1. The number of halogens is 1. The highest BCUT2D eigenvalue weighted by molar-refractivity contribution is 7.89. The number of fused-ring (bicyclic) bond motifs is 1. The molecule has 0 saturated carbocycles. The number of benzene rings is 1. The first-order valence-corrected chi connectivity index (χ1v) is 8.88. The van der Waals surface area contributed by atoms with Crippen LogP contribution in [0.1, 0.15) is 31.4 Å². The predicted octanol–water partition coefficient (Wildman–Crippen LogP) is 1.86. The molecule has 8 heteroatoms. The fourth-order valence-electron chi connectivity index (χ4n) is 2.10. The summed E-state index contributed by atoms with van der Waals surface area (Å²) in [5.74, 6) is 0.524.